The van der Waals surface area contributed by atoms with Crippen molar-refractivity contribution in [3.63, 3.8) is 0 Å². The fourth-order valence-corrected chi connectivity index (χ4v) is 4.09. The van der Waals surface area contributed by atoms with Gasteiger partial charge in [0, 0.05) is 36.6 Å². The molecule has 1 aliphatic rings. The molecule has 6 nitrogen and oxygen atoms in total. The summed E-state index contributed by atoms with van der Waals surface area (Å²) in [6, 6.07) is 13.5. The third kappa shape index (κ3) is 4.79. The molecule has 1 fully saturated rings. The Balaban J connectivity index is 1.47. The van der Waals surface area contributed by atoms with Crippen LogP contribution in [0.3, 0.4) is 0 Å². The van der Waals surface area contributed by atoms with Crippen LogP contribution in [-0.2, 0) is 6.42 Å². The van der Waals surface area contributed by atoms with Crippen molar-refractivity contribution in [2.45, 2.75) is 32.6 Å². The molecule has 0 N–H and O–H groups in total. The first-order valence-corrected chi connectivity index (χ1v) is 10.9. The van der Waals surface area contributed by atoms with Crippen molar-refractivity contribution in [3.05, 3.63) is 65.0 Å². The van der Waals surface area contributed by atoms with E-state index in [0.717, 1.165) is 42.8 Å². The van der Waals surface area contributed by atoms with E-state index in [1.807, 2.05) is 54.3 Å². The summed E-state index contributed by atoms with van der Waals surface area (Å²) in [5, 5.41) is 0.471. The molecule has 3 aromatic rings. The number of ether oxygens (including phenoxy) is 2. The molecule has 0 bridgehead atoms. The third-order valence-electron chi connectivity index (χ3n) is 5.22. The van der Waals surface area contributed by atoms with Crippen LogP contribution < -0.4 is 9.47 Å². The molecular weight excluding hydrogens is 398 g/mol. The van der Waals surface area contributed by atoms with Crippen LogP contribution in [0.25, 0.3) is 0 Å². The van der Waals surface area contributed by atoms with Crippen LogP contribution in [-0.4, -0.2) is 40.4 Å². The highest BCUT2D eigenvalue weighted by Gasteiger charge is 2.19. The van der Waals surface area contributed by atoms with Crippen LogP contribution in [0.1, 0.15) is 46.6 Å². The number of benzene rings is 2. The Bertz CT molecular complexity index is 1030. The maximum atomic E-state index is 12.8. The first-order chi connectivity index (χ1) is 14.6. The number of methoxy groups -OCH3 is 1. The van der Waals surface area contributed by atoms with Crippen molar-refractivity contribution in [1.29, 1.82) is 0 Å². The number of hydrogen-bond donors (Lipinski definition) is 0. The maximum absolute atomic E-state index is 12.8. The largest absolute Gasteiger partial charge is 0.497 e. The number of carbonyl (C=O) groups excluding carboxylic acids is 1. The normalized spacial score (nSPS) is 13.9. The zero-order valence-electron chi connectivity index (χ0n) is 17.3. The van der Waals surface area contributed by atoms with Crippen molar-refractivity contribution in [2.75, 3.05) is 20.2 Å². The second-order valence-corrected chi connectivity index (χ2v) is 8.15. The Morgan fingerprint density at radius 3 is 2.77 bits per heavy atom. The summed E-state index contributed by atoms with van der Waals surface area (Å²) in [6.45, 7) is 3.61. The predicted molar refractivity (Wildman–Crippen MR) is 117 cm³/mol. The highest BCUT2D eigenvalue weighted by Crippen LogP contribution is 2.29. The molecule has 0 atom stereocenters. The average molecular weight is 424 g/mol. The quantitative estimate of drug-likeness (QED) is 0.566. The third-order valence-corrected chi connectivity index (χ3v) is 5.85. The van der Waals surface area contributed by atoms with Gasteiger partial charge < -0.3 is 14.4 Å². The smallest absolute Gasteiger partial charge is 0.298 e. The Morgan fingerprint density at radius 1 is 1.13 bits per heavy atom. The number of piperidine rings is 1. The highest BCUT2D eigenvalue weighted by atomic mass is 32.1. The maximum Gasteiger partial charge on any atom is 0.298 e. The van der Waals surface area contributed by atoms with Gasteiger partial charge in [-0.15, -0.1) is 0 Å². The lowest BCUT2D eigenvalue weighted by atomic mass is 10.1. The summed E-state index contributed by atoms with van der Waals surface area (Å²) >= 11 is 1.21. The Kier molecular flexibility index (Phi) is 6.28. The van der Waals surface area contributed by atoms with Gasteiger partial charge in [0.15, 0.2) is 5.82 Å². The molecule has 0 aliphatic carbocycles. The van der Waals surface area contributed by atoms with Gasteiger partial charge in [-0.3, -0.25) is 4.79 Å². The summed E-state index contributed by atoms with van der Waals surface area (Å²) in [5.41, 5.74) is 2.68. The molecule has 1 aromatic heterocycles. The number of aromatic nitrogens is 2. The number of aryl methyl sites for hydroxylation is 1. The van der Waals surface area contributed by atoms with Crippen molar-refractivity contribution in [2.24, 2.45) is 0 Å². The van der Waals surface area contributed by atoms with Crippen molar-refractivity contribution in [1.82, 2.24) is 14.3 Å². The van der Waals surface area contributed by atoms with Gasteiger partial charge in [0.05, 0.1) is 7.11 Å². The summed E-state index contributed by atoms with van der Waals surface area (Å²) in [6.07, 6.45) is 3.94. The standard InChI is InChI=1S/C23H25N3O3S/c1-16-9-10-18(22(27)26-11-4-3-5-12-26)15-20(16)29-23-24-21(25-30-23)14-17-7-6-8-19(13-17)28-2/h6-10,13,15H,3-5,11-12,14H2,1-2H3. The molecule has 0 spiro atoms. The Labute approximate surface area is 180 Å². The van der Waals surface area contributed by atoms with E-state index in [-0.39, 0.29) is 5.91 Å². The fourth-order valence-electron chi connectivity index (χ4n) is 3.53. The fraction of sp³-hybridized carbons (Fsp3) is 0.348. The Morgan fingerprint density at radius 2 is 1.97 bits per heavy atom. The van der Waals surface area contributed by atoms with Crippen molar-refractivity contribution >= 4 is 17.4 Å². The van der Waals surface area contributed by atoms with Gasteiger partial charge in [-0.1, -0.05) is 18.2 Å². The molecule has 1 saturated heterocycles. The zero-order valence-corrected chi connectivity index (χ0v) is 18.1. The van der Waals surface area contributed by atoms with Gasteiger partial charge in [-0.05, 0) is 61.6 Å². The summed E-state index contributed by atoms with van der Waals surface area (Å²) in [4.78, 5) is 19.2. The van der Waals surface area contributed by atoms with E-state index in [1.165, 1.54) is 18.0 Å². The van der Waals surface area contributed by atoms with E-state index in [2.05, 4.69) is 9.36 Å². The lowest BCUT2D eigenvalue weighted by molar-refractivity contribution is 0.0724. The molecule has 30 heavy (non-hydrogen) atoms. The lowest BCUT2D eigenvalue weighted by Gasteiger charge is -2.26. The molecular formula is C23H25N3O3S. The number of carbonyl (C=O) groups is 1. The molecule has 156 valence electrons. The van der Waals surface area contributed by atoms with Crippen LogP contribution in [0, 0.1) is 6.92 Å². The van der Waals surface area contributed by atoms with Crippen LogP contribution >= 0.6 is 11.5 Å². The molecule has 7 heteroatoms. The second-order valence-electron chi connectivity index (χ2n) is 7.44. The molecule has 0 saturated carbocycles. The molecule has 1 aliphatic heterocycles. The summed E-state index contributed by atoms with van der Waals surface area (Å²) < 4.78 is 15.7. The first-order valence-electron chi connectivity index (χ1n) is 10.2. The van der Waals surface area contributed by atoms with Gasteiger partial charge in [-0.25, -0.2) is 0 Å². The SMILES string of the molecule is COc1cccc(Cc2nsc(Oc3cc(C(=O)N4CCCCC4)ccc3C)n2)c1. The summed E-state index contributed by atoms with van der Waals surface area (Å²) in [5.74, 6) is 2.21. The van der Waals surface area contributed by atoms with Crippen LogP contribution in [0.4, 0.5) is 0 Å². The number of amides is 1. The summed E-state index contributed by atoms with van der Waals surface area (Å²) in [7, 11) is 1.65. The van der Waals surface area contributed by atoms with E-state index in [9.17, 15) is 4.79 Å². The van der Waals surface area contributed by atoms with Gasteiger partial charge in [0.2, 0.25) is 0 Å². The van der Waals surface area contributed by atoms with E-state index in [0.29, 0.717) is 28.8 Å². The predicted octanol–water partition coefficient (Wildman–Crippen LogP) is 4.86. The van der Waals surface area contributed by atoms with Gasteiger partial charge >= 0.3 is 0 Å². The van der Waals surface area contributed by atoms with Gasteiger partial charge in [0.25, 0.3) is 11.1 Å². The number of hydrogen-bond acceptors (Lipinski definition) is 6. The molecule has 0 unspecified atom stereocenters. The van der Waals surface area contributed by atoms with Crippen LogP contribution in [0.15, 0.2) is 42.5 Å². The number of nitrogens with zero attached hydrogens (tertiary/aromatic N) is 3. The monoisotopic (exact) mass is 423 g/mol. The van der Waals surface area contributed by atoms with E-state index < -0.39 is 0 Å². The zero-order chi connectivity index (χ0) is 20.9. The van der Waals surface area contributed by atoms with E-state index in [4.69, 9.17) is 9.47 Å². The molecule has 2 heterocycles. The minimum atomic E-state index is 0.0653. The van der Waals surface area contributed by atoms with Crippen LogP contribution in [0.5, 0.6) is 16.7 Å². The molecule has 1 amide bonds. The van der Waals surface area contributed by atoms with Gasteiger partial charge in [0.1, 0.15) is 11.5 Å². The highest BCUT2D eigenvalue weighted by molar-refractivity contribution is 7.07. The van der Waals surface area contributed by atoms with E-state index in [1.54, 1.807) is 7.11 Å². The minimum absolute atomic E-state index is 0.0653. The molecule has 0 radical (unpaired) electrons. The first kappa shape index (κ1) is 20.3. The number of likely N-dealkylation sites (tertiary alicyclic amines) is 1. The molecule has 4 rings (SSSR count). The molecule has 2 aromatic carbocycles. The van der Waals surface area contributed by atoms with Gasteiger partial charge in [-0.2, -0.15) is 9.36 Å². The van der Waals surface area contributed by atoms with Crippen LogP contribution in [0.2, 0.25) is 0 Å². The lowest BCUT2D eigenvalue weighted by Crippen LogP contribution is -2.35. The van der Waals surface area contributed by atoms with Crippen molar-refractivity contribution in [3.8, 4) is 16.7 Å². The second kappa shape index (κ2) is 9.26. The Hall–Kier alpha value is -2.93. The van der Waals surface area contributed by atoms with E-state index >= 15 is 0 Å². The average Bonchev–Trinajstić information content (AvgIpc) is 3.22. The topological polar surface area (TPSA) is 64.6 Å². The van der Waals surface area contributed by atoms with Crippen molar-refractivity contribution < 1.29 is 14.3 Å². The minimum Gasteiger partial charge on any atom is -0.497 e. The number of rotatable bonds is 6.